The molecule has 1 aliphatic rings. The van der Waals surface area contributed by atoms with Crippen LogP contribution in [0, 0.1) is 6.92 Å². The average molecular weight is 218 g/mol. The second-order valence-corrected chi connectivity index (χ2v) is 4.92. The number of hydrogen-bond donors (Lipinski definition) is 2. The number of nitrogens with one attached hydrogen (secondary N) is 1. The Balaban J connectivity index is 1.81. The summed E-state index contributed by atoms with van der Waals surface area (Å²) < 4.78 is 0. The lowest BCUT2D eigenvalue weighted by molar-refractivity contribution is 0.341. The first kappa shape index (κ1) is 11.6. The number of aryl methyl sites for hydroxylation is 1. The third kappa shape index (κ3) is 3.06. The fraction of sp³-hybridized carbons (Fsp3) is 0.571. The predicted molar refractivity (Wildman–Crippen MR) is 68.3 cm³/mol. The fourth-order valence-electron chi connectivity index (χ4n) is 2.39. The van der Waals surface area contributed by atoms with E-state index in [9.17, 15) is 0 Å². The number of rotatable bonds is 3. The van der Waals surface area contributed by atoms with Crippen molar-refractivity contribution in [3.63, 3.8) is 0 Å². The van der Waals surface area contributed by atoms with Crippen LogP contribution in [0.1, 0.15) is 36.8 Å². The van der Waals surface area contributed by atoms with Crippen molar-refractivity contribution in [2.75, 3.05) is 0 Å². The molecule has 88 valence electrons. The predicted octanol–water partition coefficient (Wildman–Crippen LogP) is 2.35. The van der Waals surface area contributed by atoms with Crippen LogP contribution in [-0.2, 0) is 6.54 Å². The first-order valence-corrected chi connectivity index (χ1v) is 6.29. The van der Waals surface area contributed by atoms with Crippen molar-refractivity contribution < 1.29 is 0 Å². The summed E-state index contributed by atoms with van der Waals surface area (Å²) in [5, 5.41) is 3.64. The van der Waals surface area contributed by atoms with Gasteiger partial charge in [0.2, 0.25) is 0 Å². The highest BCUT2D eigenvalue weighted by atomic mass is 14.9. The molecule has 2 rings (SSSR count). The summed E-state index contributed by atoms with van der Waals surface area (Å²) in [6.07, 6.45) is 4.80. The molecule has 1 fully saturated rings. The molecule has 1 aromatic carbocycles. The van der Waals surface area contributed by atoms with Crippen molar-refractivity contribution in [2.45, 2.75) is 51.2 Å². The second-order valence-electron chi connectivity index (χ2n) is 4.92. The van der Waals surface area contributed by atoms with E-state index in [-0.39, 0.29) is 0 Å². The first-order valence-electron chi connectivity index (χ1n) is 6.29. The van der Waals surface area contributed by atoms with Gasteiger partial charge in [-0.15, -0.1) is 0 Å². The largest absolute Gasteiger partial charge is 0.328 e. The van der Waals surface area contributed by atoms with E-state index in [1.165, 1.54) is 36.8 Å². The summed E-state index contributed by atoms with van der Waals surface area (Å²) in [6.45, 7) is 3.17. The van der Waals surface area contributed by atoms with Gasteiger partial charge in [-0.3, -0.25) is 0 Å². The summed E-state index contributed by atoms with van der Waals surface area (Å²) in [5.74, 6) is 0. The minimum atomic E-state index is 0.441. The van der Waals surface area contributed by atoms with Crippen LogP contribution >= 0.6 is 0 Å². The second kappa shape index (κ2) is 5.46. The highest BCUT2D eigenvalue weighted by Gasteiger charge is 2.17. The molecule has 0 bridgehead atoms. The van der Waals surface area contributed by atoms with E-state index < -0.39 is 0 Å². The van der Waals surface area contributed by atoms with Crippen LogP contribution in [0.2, 0.25) is 0 Å². The summed E-state index contributed by atoms with van der Waals surface area (Å²) in [4.78, 5) is 0. The Morgan fingerprint density at radius 3 is 2.56 bits per heavy atom. The van der Waals surface area contributed by atoms with Crippen LogP contribution in [-0.4, -0.2) is 12.1 Å². The lowest BCUT2D eigenvalue weighted by Crippen LogP contribution is -2.37. The third-order valence-corrected chi connectivity index (χ3v) is 3.61. The van der Waals surface area contributed by atoms with Gasteiger partial charge in [0.1, 0.15) is 0 Å². The number of hydrogen-bond acceptors (Lipinski definition) is 2. The van der Waals surface area contributed by atoms with E-state index in [1.54, 1.807) is 0 Å². The molecule has 0 atom stereocenters. The standard InChI is InChI=1S/C14H22N2/c1-11-4-2-3-5-12(11)10-16-14-8-6-13(15)7-9-14/h2-5,13-14,16H,6-10,15H2,1H3. The Hall–Kier alpha value is -0.860. The Bertz CT molecular complexity index is 327. The van der Waals surface area contributed by atoms with Crippen molar-refractivity contribution >= 4 is 0 Å². The van der Waals surface area contributed by atoms with Gasteiger partial charge >= 0.3 is 0 Å². The lowest BCUT2D eigenvalue weighted by Gasteiger charge is -2.27. The van der Waals surface area contributed by atoms with E-state index in [2.05, 4.69) is 36.5 Å². The number of benzene rings is 1. The zero-order valence-electron chi connectivity index (χ0n) is 10.1. The molecule has 1 aromatic rings. The molecule has 16 heavy (non-hydrogen) atoms. The molecule has 1 aliphatic carbocycles. The molecule has 0 amide bonds. The van der Waals surface area contributed by atoms with Gasteiger partial charge in [0.15, 0.2) is 0 Å². The maximum Gasteiger partial charge on any atom is 0.0210 e. The van der Waals surface area contributed by atoms with Crippen LogP contribution in [0.4, 0.5) is 0 Å². The van der Waals surface area contributed by atoms with Crippen LogP contribution in [0.3, 0.4) is 0 Å². The highest BCUT2D eigenvalue weighted by molar-refractivity contribution is 5.25. The zero-order chi connectivity index (χ0) is 11.4. The van der Waals surface area contributed by atoms with Crippen molar-refractivity contribution in [3.8, 4) is 0 Å². The van der Waals surface area contributed by atoms with Gasteiger partial charge in [-0.25, -0.2) is 0 Å². The smallest absolute Gasteiger partial charge is 0.0210 e. The maximum atomic E-state index is 5.90. The van der Waals surface area contributed by atoms with E-state index in [0.717, 1.165) is 6.54 Å². The van der Waals surface area contributed by atoms with Gasteiger partial charge in [-0.05, 0) is 43.7 Å². The molecule has 2 nitrogen and oxygen atoms in total. The topological polar surface area (TPSA) is 38.0 Å². The first-order chi connectivity index (χ1) is 7.75. The molecule has 0 spiro atoms. The van der Waals surface area contributed by atoms with Gasteiger partial charge < -0.3 is 11.1 Å². The minimum Gasteiger partial charge on any atom is -0.328 e. The Kier molecular flexibility index (Phi) is 3.97. The van der Waals surface area contributed by atoms with Gasteiger partial charge in [-0.2, -0.15) is 0 Å². The van der Waals surface area contributed by atoms with Crippen LogP contribution < -0.4 is 11.1 Å². The Labute approximate surface area is 98.2 Å². The van der Waals surface area contributed by atoms with Gasteiger partial charge in [0.25, 0.3) is 0 Å². The Morgan fingerprint density at radius 2 is 1.88 bits per heavy atom. The maximum absolute atomic E-state index is 5.90. The third-order valence-electron chi connectivity index (χ3n) is 3.61. The minimum absolute atomic E-state index is 0.441. The molecule has 0 heterocycles. The van der Waals surface area contributed by atoms with E-state index in [0.29, 0.717) is 12.1 Å². The normalized spacial score (nSPS) is 25.6. The summed E-state index contributed by atoms with van der Waals surface area (Å²) in [7, 11) is 0. The molecule has 0 aromatic heterocycles. The van der Waals surface area contributed by atoms with Crippen molar-refractivity contribution in [1.82, 2.24) is 5.32 Å². The SMILES string of the molecule is Cc1ccccc1CNC1CCC(N)CC1. The zero-order valence-corrected chi connectivity index (χ0v) is 10.1. The van der Waals surface area contributed by atoms with Crippen molar-refractivity contribution in [2.24, 2.45) is 5.73 Å². The molecule has 3 N–H and O–H groups in total. The van der Waals surface area contributed by atoms with Crippen LogP contribution in [0.5, 0.6) is 0 Å². The van der Waals surface area contributed by atoms with Crippen molar-refractivity contribution in [3.05, 3.63) is 35.4 Å². The number of nitrogens with two attached hydrogens (primary N) is 1. The average Bonchev–Trinajstić information content (AvgIpc) is 2.30. The Morgan fingerprint density at radius 1 is 1.19 bits per heavy atom. The summed E-state index contributed by atoms with van der Waals surface area (Å²) >= 11 is 0. The fourth-order valence-corrected chi connectivity index (χ4v) is 2.39. The molecule has 0 unspecified atom stereocenters. The monoisotopic (exact) mass is 218 g/mol. The lowest BCUT2D eigenvalue weighted by atomic mass is 9.91. The van der Waals surface area contributed by atoms with E-state index >= 15 is 0 Å². The van der Waals surface area contributed by atoms with E-state index in [4.69, 9.17) is 5.73 Å². The molecular weight excluding hydrogens is 196 g/mol. The van der Waals surface area contributed by atoms with E-state index in [1.807, 2.05) is 0 Å². The van der Waals surface area contributed by atoms with Gasteiger partial charge in [0.05, 0.1) is 0 Å². The van der Waals surface area contributed by atoms with Crippen LogP contribution in [0.15, 0.2) is 24.3 Å². The highest BCUT2D eigenvalue weighted by Crippen LogP contribution is 2.17. The summed E-state index contributed by atoms with van der Waals surface area (Å²) in [5.41, 5.74) is 8.69. The van der Waals surface area contributed by atoms with Gasteiger partial charge in [0, 0.05) is 18.6 Å². The molecule has 0 saturated heterocycles. The molecule has 1 saturated carbocycles. The molecular formula is C14H22N2. The summed E-state index contributed by atoms with van der Waals surface area (Å²) in [6, 6.07) is 9.69. The molecule has 0 radical (unpaired) electrons. The van der Waals surface area contributed by atoms with Gasteiger partial charge in [-0.1, -0.05) is 24.3 Å². The molecule has 0 aliphatic heterocycles. The quantitative estimate of drug-likeness (QED) is 0.817. The van der Waals surface area contributed by atoms with Crippen molar-refractivity contribution in [1.29, 1.82) is 0 Å². The van der Waals surface area contributed by atoms with Crippen LogP contribution in [0.25, 0.3) is 0 Å². The molecule has 2 heteroatoms.